The van der Waals surface area contributed by atoms with Crippen molar-refractivity contribution in [3.05, 3.63) is 35.4 Å². The van der Waals surface area contributed by atoms with Gasteiger partial charge >= 0.3 is 0 Å². The van der Waals surface area contributed by atoms with Crippen molar-refractivity contribution in [1.82, 2.24) is 14.7 Å². The van der Waals surface area contributed by atoms with E-state index in [4.69, 9.17) is 0 Å². The number of benzene rings is 1. The minimum atomic E-state index is 0.155. The predicted molar refractivity (Wildman–Crippen MR) is 110 cm³/mol. The van der Waals surface area contributed by atoms with Crippen molar-refractivity contribution in [2.24, 2.45) is 5.92 Å². The fraction of sp³-hybridized carbons (Fsp3) is 0.652. The number of hydrogen-bond acceptors (Lipinski definition) is 3. The molecule has 0 aromatic heterocycles. The highest BCUT2D eigenvalue weighted by Crippen LogP contribution is 2.26. The van der Waals surface area contributed by atoms with E-state index < -0.39 is 0 Å². The molecule has 3 saturated heterocycles. The Hall–Kier alpha value is -1.88. The zero-order valence-corrected chi connectivity index (χ0v) is 17.1. The molecule has 0 bridgehead atoms. The maximum absolute atomic E-state index is 12.8. The number of likely N-dealkylation sites (tertiary alicyclic amines) is 3. The van der Waals surface area contributed by atoms with Crippen molar-refractivity contribution >= 4 is 11.8 Å². The van der Waals surface area contributed by atoms with E-state index >= 15 is 0 Å². The van der Waals surface area contributed by atoms with Gasteiger partial charge in [0.05, 0.1) is 5.92 Å². The van der Waals surface area contributed by atoms with Gasteiger partial charge in [-0.3, -0.25) is 14.5 Å². The van der Waals surface area contributed by atoms with Crippen LogP contribution in [-0.4, -0.2) is 71.8 Å². The number of amides is 2. The molecule has 0 aliphatic carbocycles. The second-order valence-corrected chi connectivity index (χ2v) is 8.76. The molecule has 1 atom stereocenters. The van der Waals surface area contributed by atoms with E-state index in [0.29, 0.717) is 11.9 Å². The second kappa shape index (κ2) is 8.64. The molecule has 3 fully saturated rings. The molecule has 0 radical (unpaired) electrons. The van der Waals surface area contributed by atoms with Gasteiger partial charge in [-0.2, -0.15) is 0 Å². The smallest absolute Gasteiger partial charge is 0.253 e. The summed E-state index contributed by atoms with van der Waals surface area (Å²) in [5.41, 5.74) is 1.93. The molecule has 3 heterocycles. The lowest BCUT2D eigenvalue weighted by molar-refractivity contribution is -0.136. The maximum Gasteiger partial charge on any atom is 0.253 e. The van der Waals surface area contributed by atoms with E-state index in [1.807, 2.05) is 36.1 Å². The number of carbonyl (C=O) groups excluding carboxylic acids is 2. The van der Waals surface area contributed by atoms with Gasteiger partial charge in [-0.25, -0.2) is 0 Å². The molecule has 5 heteroatoms. The third kappa shape index (κ3) is 4.24. The minimum Gasteiger partial charge on any atom is -0.342 e. The van der Waals surface area contributed by atoms with Crippen LogP contribution in [0.15, 0.2) is 24.3 Å². The Morgan fingerprint density at radius 3 is 2.36 bits per heavy atom. The van der Waals surface area contributed by atoms with Gasteiger partial charge in [-0.05, 0) is 64.1 Å². The Labute approximate surface area is 168 Å². The normalized spacial score (nSPS) is 24.5. The first-order valence-electron chi connectivity index (χ1n) is 11.0. The minimum absolute atomic E-state index is 0.155. The highest BCUT2D eigenvalue weighted by molar-refractivity contribution is 5.94. The van der Waals surface area contributed by atoms with Crippen LogP contribution in [0.25, 0.3) is 0 Å². The van der Waals surface area contributed by atoms with Crippen LogP contribution in [0.2, 0.25) is 0 Å². The molecule has 0 saturated carbocycles. The SMILES string of the molecule is Cc1cccc(C(=O)N2CCC(N3CCC[C@H](C(=O)N4CCCC4)C3)CC2)c1. The summed E-state index contributed by atoms with van der Waals surface area (Å²) in [4.78, 5) is 32.2. The molecule has 1 aromatic carbocycles. The van der Waals surface area contributed by atoms with Gasteiger partial charge in [0.2, 0.25) is 5.91 Å². The highest BCUT2D eigenvalue weighted by Gasteiger charge is 2.34. The third-order valence-electron chi connectivity index (χ3n) is 6.75. The van der Waals surface area contributed by atoms with Gasteiger partial charge in [0, 0.05) is 44.3 Å². The van der Waals surface area contributed by atoms with Crippen LogP contribution in [-0.2, 0) is 4.79 Å². The van der Waals surface area contributed by atoms with Crippen molar-refractivity contribution in [3.63, 3.8) is 0 Å². The van der Waals surface area contributed by atoms with Crippen LogP contribution in [0.1, 0.15) is 54.4 Å². The van der Waals surface area contributed by atoms with Crippen molar-refractivity contribution in [3.8, 4) is 0 Å². The topological polar surface area (TPSA) is 43.9 Å². The van der Waals surface area contributed by atoms with Gasteiger partial charge < -0.3 is 9.80 Å². The van der Waals surface area contributed by atoms with Gasteiger partial charge in [-0.1, -0.05) is 17.7 Å². The first kappa shape index (κ1) is 19.4. The Kier molecular flexibility index (Phi) is 6.00. The number of carbonyl (C=O) groups is 2. The summed E-state index contributed by atoms with van der Waals surface area (Å²) in [6, 6.07) is 8.39. The van der Waals surface area contributed by atoms with Gasteiger partial charge in [0.15, 0.2) is 0 Å². The lowest BCUT2D eigenvalue weighted by Crippen LogP contribution is -2.51. The standard InChI is InChI=1S/C23H33N3O2/c1-18-6-4-7-19(16-18)22(27)25-14-9-21(10-15-25)26-13-5-8-20(17-26)23(28)24-11-2-3-12-24/h4,6-7,16,20-21H,2-3,5,8-15,17H2,1H3/t20-/m0/s1. The Bertz CT molecular complexity index is 706. The summed E-state index contributed by atoms with van der Waals surface area (Å²) < 4.78 is 0. The highest BCUT2D eigenvalue weighted by atomic mass is 16.2. The monoisotopic (exact) mass is 383 g/mol. The van der Waals surface area contributed by atoms with Crippen LogP contribution >= 0.6 is 0 Å². The van der Waals surface area contributed by atoms with Crippen molar-refractivity contribution in [2.45, 2.75) is 51.5 Å². The molecule has 2 amide bonds. The van der Waals surface area contributed by atoms with Crippen LogP contribution in [0.4, 0.5) is 0 Å². The quantitative estimate of drug-likeness (QED) is 0.806. The number of rotatable bonds is 3. The lowest BCUT2D eigenvalue weighted by atomic mass is 9.92. The Balaban J connectivity index is 1.30. The summed E-state index contributed by atoms with van der Waals surface area (Å²) in [5.74, 6) is 0.718. The van der Waals surface area contributed by atoms with E-state index in [1.165, 1.54) is 0 Å². The summed E-state index contributed by atoms with van der Waals surface area (Å²) in [5, 5.41) is 0. The first-order chi connectivity index (χ1) is 13.6. The Morgan fingerprint density at radius 2 is 1.64 bits per heavy atom. The number of nitrogens with zero attached hydrogens (tertiary/aromatic N) is 3. The average Bonchev–Trinajstić information content (AvgIpc) is 3.28. The molecule has 152 valence electrons. The van der Waals surface area contributed by atoms with Gasteiger partial charge in [0.1, 0.15) is 0 Å². The van der Waals surface area contributed by atoms with Crippen molar-refractivity contribution in [2.75, 3.05) is 39.3 Å². The predicted octanol–water partition coefficient (Wildman–Crippen LogP) is 2.93. The van der Waals surface area contributed by atoms with E-state index in [-0.39, 0.29) is 11.8 Å². The number of piperidine rings is 2. The maximum atomic E-state index is 12.8. The summed E-state index contributed by atoms with van der Waals surface area (Å²) >= 11 is 0. The molecule has 0 spiro atoms. The molecule has 1 aromatic rings. The van der Waals surface area contributed by atoms with E-state index in [0.717, 1.165) is 88.9 Å². The molecular formula is C23H33N3O2. The van der Waals surface area contributed by atoms with Gasteiger partial charge in [0.25, 0.3) is 5.91 Å². The Morgan fingerprint density at radius 1 is 0.893 bits per heavy atom. The van der Waals surface area contributed by atoms with E-state index in [2.05, 4.69) is 9.80 Å². The van der Waals surface area contributed by atoms with Crippen LogP contribution < -0.4 is 0 Å². The van der Waals surface area contributed by atoms with Gasteiger partial charge in [-0.15, -0.1) is 0 Å². The third-order valence-corrected chi connectivity index (χ3v) is 6.75. The fourth-order valence-corrected chi connectivity index (χ4v) is 5.13. The van der Waals surface area contributed by atoms with Crippen LogP contribution in [0, 0.1) is 12.8 Å². The molecule has 28 heavy (non-hydrogen) atoms. The fourth-order valence-electron chi connectivity index (χ4n) is 5.13. The summed E-state index contributed by atoms with van der Waals surface area (Å²) in [6.45, 7) is 7.58. The molecule has 5 nitrogen and oxygen atoms in total. The number of aryl methyl sites for hydroxylation is 1. The zero-order chi connectivity index (χ0) is 19.5. The average molecular weight is 384 g/mol. The van der Waals surface area contributed by atoms with Crippen molar-refractivity contribution in [1.29, 1.82) is 0 Å². The largest absolute Gasteiger partial charge is 0.342 e. The molecule has 4 rings (SSSR count). The molecule has 0 N–H and O–H groups in total. The lowest BCUT2D eigenvalue weighted by Gasteiger charge is -2.42. The molecule has 3 aliphatic heterocycles. The number of hydrogen-bond donors (Lipinski definition) is 0. The van der Waals surface area contributed by atoms with Crippen molar-refractivity contribution < 1.29 is 9.59 Å². The molecular weight excluding hydrogens is 350 g/mol. The molecule has 3 aliphatic rings. The summed E-state index contributed by atoms with van der Waals surface area (Å²) in [7, 11) is 0. The second-order valence-electron chi connectivity index (χ2n) is 8.76. The first-order valence-corrected chi connectivity index (χ1v) is 11.0. The van der Waals surface area contributed by atoms with Crippen LogP contribution in [0.5, 0.6) is 0 Å². The van der Waals surface area contributed by atoms with E-state index in [9.17, 15) is 9.59 Å². The van der Waals surface area contributed by atoms with Crippen LogP contribution in [0.3, 0.4) is 0 Å². The van der Waals surface area contributed by atoms with E-state index in [1.54, 1.807) is 0 Å². The summed E-state index contributed by atoms with van der Waals surface area (Å²) in [6.07, 6.45) is 6.51. The molecule has 0 unspecified atom stereocenters. The zero-order valence-electron chi connectivity index (χ0n) is 17.1.